The van der Waals surface area contributed by atoms with Gasteiger partial charge in [0.15, 0.2) is 0 Å². The molecule has 0 aliphatic heterocycles. The number of nitrogen functional groups attached to an aromatic ring is 1. The number of aromatic nitrogens is 4. The van der Waals surface area contributed by atoms with Gasteiger partial charge in [0.1, 0.15) is 5.82 Å². The molecule has 0 saturated carbocycles. The summed E-state index contributed by atoms with van der Waals surface area (Å²) < 4.78 is 4.28. The van der Waals surface area contributed by atoms with E-state index in [-0.39, 0.29) is 0 Å². The number of para-hydroxylation sites is 2. The summed E-state index contributed by atoms with van der Waals surface area (Å²) in [5, 5.41) is 3.33. The van der Waals surface area contributed by atoms with Crippen LogP contribution in [-0.4, -0.2) is 19.1 Å². The number of nitrogens with zero attached hydrogens (tertiary/aromatic N) is 4. The molecule has 3 aromatic carbocycles. The zero-order valence-electron chi connectivity index (χ0n) is 24.4. The van der Waals surface area contributed by atoms with Crippen molar-refractivity contribution in [3.8, 4) is 16.9 Å². The van der Waals surface area contributed by atoms with Crippen LogP contribution in [0.15, 0.2) is 134 Å². The standard InChI is InChI=1S/C38H32N6/c1-2-10-36-38(40)30-14-5-7-17-34(30)44(36)37(39)18-8-3-11-27-12-9-15-32(42-27)26-19-21-28(22-20-26)43-33-16-6-4-13-29(33)31-25-41-24-23-35(31)43/h2-10,12-25H,11,39-40H2,1H3/b8-3-,10-2-,37-18+. The molecule has 0 aliphatic rings. The molecule has 4 aromatic heterocycles. The minimum Gasteiger partial charge on any atom is -0.396 e. The maximum absolute atomic E-state index is 6.56. The van der Waals surface area contributed by atoms with E-state index in [0.717, 1.165) is 61.3 Å². The highest BCUT2D eigenvalue weighted by Crippen LogP contribution is 2.33. The molecule has 0 saturated heterocycles. The molecule has 0 spiro atoms. The topological polar surface area (TPSA) is 87.7 Å². The second kappa shape index (κ2) is 11.4. The van der Waals surface area contributed by atoms with E-state index >= 15 is 0 Å². The van der Waals surface area contributed by atoms with Gasteiger partial charge in [0, 0.05) is 51.9 Å². The fraction of sp³-hybridized carbons (Fsp3) is 0.0526. The molecule has 7 aromatic rings. The van der Waals surface area contributed by atoms with Gasteiger partial charge in [-0.15, -0.1) is 0 Å². The molecule has 0 fully saturated rings. The van der Waals surface area contributed by atoms with E-state index < -0.39 is 0 Å². The van der Waals surface area contributed by atoms with Crippen LogP contribution in [0, 0.1) is 0 Å². The Morgan fingerprint density at radius 1 is 0.795 bits per heavy atom. The van der Waals surface area contributed by atoms with Crippen LogP contribution in [0.5, 0.6) is 0 Å². The SMILES string of the molecule is C/C=C\c1c(N)c2ccccc2n1/C(N)=C/C=C\Cc1cccc(-c2ccc(-n3c4ccccc4c4cnccc43)cc2)n1. The van der Waals surface area contributed by atoms with Crippen LogP contribution in [0.1, 0.15) is 18.3 Å². The summed E-state index contributed by atoms with van der Waals surface area (Å²) in [4.78, 5) is 9.30. The third-order valence-electron chi connectivity index (χ3n) is 7.97. The number of anilines is 1. The van der Waals surface area contributed by atoms with Crippen molar-refractivity contribution in [2.45, 2.75) is 13.3 Å². The molecular weight excluding hydrogens is 540 g/mol. The van der Waals surface area contributed by atoms with Crippen molar-refractivity contribution in [2.75, 3.05) is 5.73 Å². The second-order valence-corrected chi connectivity index (χ2v) is 10.7. The van der Waals surface area contributed by atoms with Crippen LogP contribution >= 0.6 is 0 Å². The second-order valence-electron chi connectivity index (χ2n) is 10.7. The zero-order chi connectivity index (χ0) is 30.0. The molecule has 214 valence electrons. The van der Waals surface area contributed by atoms with E-state index in [9.17, 15) is 0 Å². The summed E-state index contributed by atoms with van der Waals surface area (Å²) in [5.74, 6) is 0.601. The van der Waals surface area contributed by atoms with Gasteiger partial charge in [0.05, 0.1) is 33.6 Å². The molecule has 6 heteroatoms. The number of rotatable bonds is 7. The monoisotopic (exact) mass is 572 g/mol. The van der Waals surface area contributed by atoms with Crippen LogP contribution < -0.4 is 11.5 Å². The van der Waals surface area contributed by atoms with Gasteiger partial charge in [-0.25, -0.2) is 0 Å². The van der Waals surface area contributed by atoms with Crippen molar-refractivity contribution in [3.05, 3.63) is 145 Å². The van der Waals surface area contributed by atoms with Gasteiger partial charge in [-0.1, -0.05) is 72.8 Å². The lowest BCUT2D eigenvalue weighted by molar-refractivity contribution is 1.10. The van der Waals surface area contributed by atoms with Crippen molar-refractivity contribution in [1.82, 2.24) is 19.1 Å². The molecule has 44 heavy (non-hydrogen) atoms. The van der Waals surface area contributed by atoms with Gasteiger partial charge in [-0.05, 0) is 61.5 Å². The van der Waals surface area contributed by atoms with Gasteiger partial charge in [0.2, 0.25) is 0 Å². The Bertz CT molecular complexity index is 2170. The molecule has 7 rings (SSSR count). The molecular formula is C38H32N6. The Morgan fingerprint density at radius 3 is 2.36 bits per heavy atom. The number of pyridine rings is 2. The minimum atomic E-state index is 0.601. The Hall–Kier alpha value is -5.88. The van der Waals surface area contributed by atoms with Crippen LogP contribution in [-0.2, 0) is 6.42 Å². The predicted octanol–water partition coefficient (Wildman–Crippen LogP) is 8.37. The molecule has 0 atom stereocenters. The highest BCUT2D eigenvalue weighted by atomic mass is 15.1. The number of fused-ring (bicyclic) bond motifs is 4. The zero-order valence-corrected chi connectivity index (χ0v) is 24.4. The maximum atomic E-state index is 6.56. The summed E-state index contributed by atoms with van der Waals surface area (Å²) in [6.07, 6.45) is 14.4. The smallest absolute Gasteiger partial charge is 0.108 e. The van der Waals surface area contributed by atoms with Crippen LogP contribution in [0.4, 0.5) is 5.69 Å². The van der Waals surface area contributed by atoms with Gasteiger partial charge in [-0.3, -0.25) is 14.5 Å². The van der Waals surface area contributed by atoms with Crippen molar-refractivity contribution in [1.29, 1.82) is 0 Å². The first-order valence-electron chi connectivity index (χ1n) is 14.7. The molecule has 0 bridgehead atoms. The van der Waals surface area contributed by atoms with Gasteiger partial charge < -0.3 is 16.0 Å². The fourth-order valence-electron chi connectivity index (χ4n) is 5.94. The number of nitrogens with two attached hydrogens (primary N) is 2. The van der Waals surface area contributed by atoms with E-state index in [1.807, 2.05) is 78.5 Å². The maximum Gasteiger partial charge on any atom is 0.108 e. The summed E-state index contributed by atoms with van der Waals surface area (Å²) in [6.45, 7) is 1.97. The highest BCUT2D eigenvalue weighted by molar-refractivity contribution is 6.08. The lowest BCUT2D eigenvalue weighted by Gasteiger charge is -2.09. The predicted molar refractivity (Wildman–Crippen MR) is 184 cm³/mol. The van der Waals surface area contributed by atoms with Crippen LogP contribution in [0.2, 0.25) is 0 Å². The van der Waals surface area contributed by atoms with Crippen LogP contribution in [0.3, 0.4) is 0 Å². The Balaban J connectivity index is 1.12. The third-order valence-corrected chi connectivity index (χ3v) is 7.97. The first-order valence-corrected chi connectivity index (χ1v) is 14.7. The quantitative estimate of drug-likeness (QED) is 0.188. The van der Waals surface area contributed by atoms with E-state index in [1.54, 1.807) is 0 Å². The average Bonchev–Trinajstić information content (AvgIpc) is 3.55. The van der Waals surface area contributed by atoms with Crippen molar-refractivity contribution >= 4 is 50.3 Å². The first kappa shape index (κ1) is 27.0. The van der Waals surface area contributed by atoms with Crippen molar-refractivity contribution in [3.63, 3.8) is 0 Å². The van der Waals surface area contributed by atoms with Crippen molar-refractivity contribution in [2.24, 2.45) is 5.73 Å². The Morgan fingerprint density at radius 2 is 1.55 bits per heavy atom. The summed E-state index contributed by atoms with van der Waals surface area (Å²) in [7, 11) is 0. The van der Waals surface area contributed by atoms with E-state index in [2.05, 4.69) is 82.4 Å². The largest absolute Gasteiger partial charge is 0.396 e. The number of allylic oxidation sites excluding steroid dienone is 4. The molecule has 4 N–H and O–H groups in total. The number of benzene rings is 3. The Kier molecular flexibility index (Phi) is 7.00. The fourth-order valence-corrected chi connectivity index (χ4v) is 5.94. The Labute approximate surface area is 255 Å². The van der Waals surface area contributed by atoms with Gasteiger partial charge in [-0.2, -0.15) is 0 Å². The molecule has 0 radical (unpaired) electrons. The van der Waals surface area contributed by atoms with Crippen molar-refractivity contribution < 1.29 is 0 Å². The molecule has 0 aliphatic carbocycles. The van der Waals surface area contributed by atoms with E-state index in [1.165, 1.54) is 5.39 Å². The van der Waals surface area contributed by atoms with E-state index in [0.29, 0.717) is 12.2 Å². The van der Waals surface area contributed by atoms with Gasteiger partial charge >= 0.3 is 0 Å². The summed E-state index contributed by atoms with van der Waals surface area (Å²) >= 11 is 0. The number of hydrogen-bond donors (Lipinski definition) is 2. The lowest BCUT2D eigenvalue weighted by atomic mass is 10.1. The molecule has 0 amide bonds. The first-order chi connectivity index (χ1) is 21.6. The molecule has 0 unspecified atom stereocenters. The van der Waals surface area contributed by atoms with Gasteiger partial charge in [0.25, 0.3) is 0 Å². The summed E-state index contributed by atoms with van der Waals surface area (Å²) in [6, 6.07) is 33.3. The number of hydrogen-bond acceptors (Lipinski definition) is 4. The average molecular weight is 573 g/mol. The lowest BCUT2D eigenvalue weighted by Crippen LogP contribution is -2.08. The molecule has 4 heterocycles. The third kappa shape index (κ3) is 4.72. The molecule has 6 nitrogen and oxygen atoms in total. The highest BCUT2D eigenvalue weighted by Gasteiger charge is 2.14. The summed E-state index contributed by atoms with van der Waals surface area (Å²) in [5.41, 5.74) is 22.0. The normalized spacial score (nSPS) is 12.4. The van der Waals surface area contributed by atoms with Crippen LogP contribution in [0.25, 0.3) is 61.6 Å². The minimum absolute atomic E-state index is 0.601. The van der Waals surface area contributed by atoms with E-state index in [4.69, 9.17) is 16.5 Å².